The van der Waals surface area contributed by atoms with E-state index in [1.54, 1.807) is 19.2 Å². The molecule has 0 aliphatic heterocycles. The van der Waals surface area contributed by atoms with Crippen LogP contribution in [-0.2, 0) is 0 Å². The van der Waals surface area contributed by atoms with E-state index < -0.39 is 6.43 Å². The van der Waals surface area contributed by atoms with Crippen LogP contribution in [0.3, 0.4) is 0 Å². The van der Waals surface area contributed by atoms with Crippen molar-refractivity contribution in [1.82, 2.24) is 20.1 Å². The zero-order valence-electron chi connectivity index (χ0n) is 22.0. The normalized spacial score (nSPS) is 16.8. The predicted molar refractivity (Wildman–Crippen MR) is 148 cm³/mol. The Morgan fingerprint density at radius 1 is 1.10 bits per heavy atom. The lowest BCUT2D eigenvalue weighted by Crippen LogP contribution is -2.53. The van der Waals surface area contributed by atoms with Gasteiger partial charge in [-0.25, -0.2) is 8.78 Å². The average Bonchev–Trinajstić information content (AvgIpc) is 3.35. The van der Waals surface area contributed by atoms with Crippen LogP contribution in [0.2, 0.25) is 0 Å². The summed E-state index contributed by atoms with van der Waals surface area (Å²) in [6.45, 7) is 3.83. The smallest absolute Gasteiger partial charge is 0.280 e. The van der Waals surface area contributed by atoms with Crippen LogP contribution in [0.4, 0.5) is 8.78 Å². The number of nitrogens with one attached hydrogen (secondary N) is 1. The number of carbonyl (C=O) groups is 1. The molecule has 2 aromatic heterocycles. The first-order valence-corrected chi connectivity index (χ1v) is 13.5. The van der Waals surface area contributed by atoms with Gasteiger partial charge >= 0.3 is 0 Å². The lowest BCUT2D eigenvalue weighted by atomic mass is 9.54. The molecule has 2 fully saturated rings. The molecule has 1 amide bonds. The standard InChI is InChI=1S/C32H30F2N4O/c1-3-5-23-10-11-26(31(39)37-25-17-32(18-25)13-4-14-32)29-27(23)19-36-38(29)20(2)21-6-8-22(9-7-21)24-12-15-35-28(16-24)30(33)34/h6-12,15-16,19-20,25,30H,4,13-14,17-18H2,1-2H3,(H,37,39)/t20-/m1/s1. The Morgan fingerprint density at radius 2 is 1.87 bits per heavy atom. The molecule has 6 rings (SSSR count). The third kappa shape index (κ3) is 4.58. The molecule has 0 radical (unpaired) electrons. The minimum Gasteiger partial charge on any atom is -0.349 e. The summed E-state index contributed by atoms with van der Waals surface area (Å²) in [5.74, 6) is 6.03. The number of rotatable bonds is 6. The van der Waals surface area contributed by atoms with Crippen molar-refractivity contribution >= 4 is 16.8 Å². The van der Waals surface area contributed by atoms with Crippen molar-refractivity contribution in [3.8, 4) is 23.0 Å². The van der Waals surface area contributed by atoms with Gasteiger partial charge in [-0.1, -0.05) is 36.6 Å². The number of carbonyl (C=O) groups excluding carboxylic acids is 1. The molecule has 0 bridgehead atoms. The molecule has 198 valence electrons. The Morgan fingerprint density at radius 3 is 2.54 bits per heavy atom. The van der Waals surface area contributed by atoms with Crippen LogP contribution >= 0.6 is 0 Å². The number of aromatic nitrogens is 3. The van der Waals surface area contributed by atoms with Crippen molar-refractivity contribution in [2.45, 2.75) is 64.5 Å². The molecule has 7 heteroatoms. The second-order valence-electron chi connectivity index (χ2n) is 10.9. The number of benzene rings is 2. The first-order valence-electron chi connectivity index (χ1n) is 13.5. The van der Waals surface area contributed by atoms with Gasteiger partial charge in [-0.2, -0.15) is 5.10 Å². The molecule has 2 heterocycles. The summed E-state index contributed by atoms with van der Waals surface area (Å²) in [6.07, 6.45) is 6.58. The van der Waals surface area contributed by atoms with E-state index in [1.165, 1.54) is 31.5 Å². The Labute approximate surface area is 226 Å². The molecule has 2 aliphatic rings. The zero-order chi connectivity index (χ0) is 27.1. The monoisotopic (exact) mass is 524 g/mol. The van der Waals surface area contributed by atoms with E-state index in [2.05, 4.69) is 22.1 Å². The van der Waals surface area contributed by atoms with E-state index in [0.717, 1.165) is 40.4 Å². The van der Waals surface area contributed by atoms with Crippen molar-refractivity contribution in [3.63, 3.8) is 0 Å². The maximum atomic E-state index is 13.5. The molecule has 2 aromatic carbocycles. The highest BCUT2D eigenvalue weighted by molar-refractivity contribution is 6.07. The molecule has 2 aliphatic carbocycles. The summed E-state index contributed by atoms with van der Waals surface area (Å²) >= 11 is 0. The van der Waals surface area contributed by atoms with E-state index in [-0.39, 0.29) is 23.7 Å². The van der Waals surface area contributed by atoms with Gasteiger partial charge in [0.1, 0.15) is 5.69 Å². The fraction of sp³-hybridized carbons (Fsp3) is 0.344. The minimum absolute atomic E-state index is 0.0769. The summed E-state index contributed by atoms with van der Waals surface area (Å²) in [4.78, 5) is 17.2. The van der Waals surface area contributed by atoms with E-state index in [9.17, 15) is 13.6 Å². The minimum atomic E-state index is -2.62. The van der Waals surface area contributed by atoms with E-state index in [4.69, 9.17) is 5.10 Å². The van der Waals surface area contributed by atoms with Gasteiger partial charge in [0.15, 0.2) is 0 Å². The van der Waals surface area contributed by atoms with Gasteiger partial charge in [0.2, 0.25) is 0 Å². The summed E-state index contributed by atoms with van der Waals surface area (Å²) in [5, 5.41) is 8.81. The van der Waals surface area contributed by atoms with Crippen molar-refractivity contribution in [2.24, 2.45) is 5.41 Å². The van der Waals surface area contributed by atoms with Crippen molar-refractivity contribution in [1.29, 1.82) is 0 Å². The van der Waals surface area contributed by atoms with Gasteiger partial charge in [0, 0.05) is 23.2 Å². The number of pyridine rings is 1. The van der Waals surface area contributed by atoms with Gasteiger partial charge in [0.05, 0.1) is 23.3 Å². The molecule has 0 unspecified atom stereocenters. The molecule has 0 saturated heterocycles. The summed E-state index contributed by atoms with van der Waals surface area (Å²) in [6, 6.07) is 14.7. The molecule has 1 spiro atoms. The summed E-state index contributed by atoms with van der Waals surface area (Å²) < 4.78 is 28.1. The maximum absolute atomic E-state index is 13.5. The molecule has 2 saturated carbocycles. The van der Waals surface area contributed by atoms with Crippen LogP contribution in [-0.4, -0.2) is 26.7 Å². The lowest BCUT2D eigenvalue weighted by Gasteiger charge is -2.54. The van der Waals surface area contributed by atoms with Gasteiger partial charge in [-0.15, -0.1) is 5.92 Å². The molecule has 39 heavy (non-hydrogen) atoms. The van der Waals surface area contributed by atoms with Crippen LogP contribution in [0.15, 0.2) is 60.9 Å². The second-order valence-corrected chi connectivity index (χ2v) is 10.9. The van der Waals surface area contributed by atoms with Gasteiger partial charge in [0.25, 0.3) is 12.3 Å². The third-order valence-corrected chi connectivity index (χ3v) is 8.47. The summed E-state index contributed by atoms with van der Waals surface area (Å²) in [5.41, 5.74) is 4.92. The highest BCUT2D eigenvalue weighted by atomic mass is 19.3. The quantitative estimate of drug-likeness (QED) is 0.274. The maximum Gasteiger partial charge on any atom is 0.280 e. The van der Waals surface area contributed by atoms with Gasteiger partial charge in [-0.3, -0.25) is 14.5 Å². The summed E-state index contributed by atoms with van der Waals surface area (Å²) in [7, 11) is 0. The molecule has 1 N–H and O–H groups in total. The number of nitrogens with zero attached hydrogens (tertiary/aromatic N) is 3. The van der Waals surface area contributed by atoms with Gasteiger partial charge in [-0.05, 0) is 85.9 Å². The number of fused-ring (bicyclic) bond motifs is 1. The second kappa shape index (κ2) is 9.92. The van der Waals surface area contributed by atoms with E-state index >= 15 is 0 Å². The molecular formula is C32H30F2N4O. The van der Waals surface area contributed by atoms with Crippen LogP contribution in [0.1, 0.15) is 85.6 Å². The third-order valence-electron chi connectivity index (χ3n) is 8.47. The topological polar surface area (TPSA) is 59.8 Å². The van der Waals surface area contributed by atoms with Crippen molar-refractivity contribution in [2.75, 3.05) is 0 Å². The number of alkyl halides is 2. The first kappa shape index (κ1) is 25.2. The zero-order valence-corrected chi connectivity index (χ0v) is 22.0. The SMILES string of the molecule is CC#Cc1ccc(C(=O)NC2CC3(CCC3)C2)c2c1cnn2[C@H](C)c1ccc(-c2ccnc(C(F)F)c2)cc1. The highest BCUT2D eigenvalue weighted by Crippen LogP contribution is 2.55. The van der Waals surface area contributed by atoms with Crippen LogP contribution < -0.4 is 5.32 Å². The fourth-order valence-electron chi connectivity index (χ4n) is 6.16. The number of hydrogen-bond donors (Lipinski definition) is 1. The Bertz CT molecular complexity index is 1600. The van der Waals surface area contributed by atoms with Crippen molar-refractivity contribution < 1.29 is 13.6 Å². The predicted octanol–water partition coefficient (Wildman–Crippen LogP) is 7.08. The highest BCUT2D eigenvalue weighted by Gasteiger charge is 2.48. The number of amides is 1. The number of halogens is 2. The fourth-order valence-corrected chi connectivity index (χ4v) is 6.16. The largest absolute Gasteiger partial charge is 0.349 e. The Balaban J connectivity index is 1.31. The average molecular weight is 525 g/mol. The van der Waals surface area contributed by atoms with E-state index in [1.807, 2.05) is 48.0 Å². The molecule has 5 nitrogen and oxygen atoms in total. The van der Waals surface area contributed by atoms with Crippen LogP contribution in [0.25, 0.3) is 22.0 Å². The Kier molecular flexibility index (Phi) is 6.42. The Hall–Kier alpha value is -4.05. The first-order chi connectivity index (χ1) is 18.9. The molecule has 4 aromatic rings. The van der Waals surface area contributed by atoms with E-state index in [0.29, 0.717) is 16.5 Å². The molecular weight excluding hydrogens is 494 g/mol. The van der Waals surface area contributed by atoms with Gasteiger partial charge < -0.3 is 5.32 Å². The van der Waals surface area contributed by atoms with Crippen molar-refractivity contribution in [3.05, 3.63) is 83.3 Å². The van der Waals surface area contributed by atoms with Crippen LogP contribution in [0, 0.1) is 17.3 Å². The molecule has 1 atom stereocenters. The lowest BCUT2D eigenvalue weighted by molar-refractivity contribution is -0.000605. The number of hydrogen-bond acceptors (Lipinski definition) is 3. The van der Waals surface area contributed by atoms with Crippen LogP contribution in [0.5, 0.6) is 0 Å².